The number of hydrogen-bond donors (Lipinski definition) is 0. The Morgan fingerprint density at radius 2 is 1.93 bits per heavy atom. The van der Waals surface area contributed by atoms with Crippen molar-refractivity contribution in [2.75, 3.05) is 0 Å². The molecule has 0 saturated heterocycles. The van der Waals surface area contributed by atoms with Crippen LogP contribution in [-0.4, -0.2) is 7.85 Å². The second-order valence-electron chi connectivity index (χ2n) is 6.30. The highest BCUT2D eigenvalue weighted by molar-refractivity contribution is 6.11. The van der Waals surface area contributed by atoms with Gasteiger partial charge in [-0.3, -0.25) is 0 Å². The van der Waals surface area contributed by atoms with E-state index in [1.165, 1.54) is 32.1 Å². The smallest absolute Gasteiger partial charge is 0.0692 e. The molecule has 1 aliphatic rings. The fraction of sp³-hybridized carbons (Fsp3) is 1.00. The Kier molecular flexibility index (Phi) is 4.09. The lowest BCUT2D eigenvalue weighted by Gasteiger charge is -2.34. The van der Waals surface area contributed by atoms with Gasteiger partial charge >= 0.3 is 0 Å². The third kappa shape index (κ3) is 2.78. The SMILES string of the molecule is BC1CCC(CCC(C)C)(C(C)C)C1. The van der Waals surface area contributed by atoms with E-state index in [4.69, 9.17) is 0 Å². The van der Waals surface area contributed by atoms with Gasteiger partial charge < -0.3 is 0 Å². The van der Waals surface area contributed by atoms with Crippen LogP contribution in [0.5, 0.6) is 0 Å². The van der Waals surface area contributed by atoms with Crippen LogP contribution in [-0.2, 0) is 0 Å². The molecule has 0 radical (unpaired) electrons. The standard InChI is InChI=1S/C13H27B/c1-10(2)5-7-13(11(3)4)8-6-12(14)9-13/h10-12H,5-9,14H2,1-4H3. The van der Waals surface area contributed by atoms with E-state index >= 15 is 0 Å². The summed E-state index contributed by atoms with van der Waals surface area (Å²) in [5.74, 6) is 2.73. The quantitative estimate of drug-likeness (QED) is 0.599. The largest absolute Gasteiger partial charge is 0.105 e. The van der Waals surface area contributed by atoms with E-state index in [2.05, 4.69) is 35.5 Å². The predicted octanol–water partition coefficient (Wildman–Crippen LogP) is 3.67. The molecule has 0 bridgehead atoms. The molecule has 0 spiro atoms. The fourth-order valence-electron chi connectivity index (χ4n) is 3.05. The summed E-state index contributed by atoms with van der Waals surface area (Å²) in [7, 11) is 2.43. The molecule has 1 aliphatic carbocycles. The molecule has 1 rings (SSSR count). The maximum Gasteiger partial charge on any atom is 0.105 e. The lowest BCUT2D eigenvalue weighted by atomic mass is 9.69. The monoisotopic (exact) mass is 194 g/mol. The first-order chi connectivity index (χ1) is 6.46. The highest BCUT2D eigenvalue weighted by Crippen LogP contribution is 2.51. The second kappa shape index (κ2) is 4.72. The van der Waals surface area contributed by atoms with E-state index in [0.29, 0.717) is 5.41 Å². The van der Waals surface area contributed by atoms with Gasteiger partial charge in [0.1, 0.15) is 7.85 Å². The Bertz CT molecular complexity index is 174. The Balaban J connectivity index is 2.55. The van der Waals surface area contributed by atoms with Crippen LogP contribution >= 0.6 is 0 Å². The predicted molar refractivity (Wildman–Crippen MR) is 67.5 cm³/mol. The van der Waals surface area contributed by atoms with E-state index in [9.17, 15) is 0 Å². The van der Waals surface area contributed by atoms with Gasteiger partial charge in [-0.15, -0.1) is 0 Å². The zero-order valence-electron chi connectivity index (χ0n) is 10.8. The molecule has 0 aromatic heterocycles. The maximum atomic E-state index is 2.43. The molecule has 0 aliphatic heterocycles. The summed E-state index contributed by atoms with van der Waals surface area (Å²) in [5.41, 5.74) is 0.698. The Labute approximate surface area is 91.3 Å². The molecule has 0 N–H and O–H groups in total. The van der Waals surface area contributed by atoms with Gasteiger partial charge in [0.25, 0.3) is 0 Å². The average molecular weight is 194 g/mol. The van der Waals surface area contributed by atoms with Gasteiger partial charge in [-0.2, -0.15) is 0 Å². The van der Waals surface area contributed by atoms with Gasteiger partial charge in [-0.25, -0.2) is 0 Å². The van der Waals surface area contributed by atoms with Crippen LogP contribution in [0.4, 0.5) is 0 Å². The van der Waals surface area contributed by atoms with Crippen molar-refractivity contribution in [1.29, 1.82) is 0 Å². The molecule has 1 heteroatoms. The molecule has 0 aromatic carbocycles. The van der Waals surface area contributed by atoms with Gasteiger partial charge in [0.15, 0.2) is 0 Å². The summed E-state index contributed by atoms with van der Waals surface area (Å²) in [6.07, 6.45) is 7.32. The van der Waals surface area contributed by atoms with Crippen molar-refractivity contribution in [3.05, 3.63) is 0 Å². The first kappa shape index (κ1) is 12.1. The van der Waals surface area contributed by atoms with Crippen molar-refractivity contribution in [2.24, 2.45) is 17.3 Å². The molecular weight excluding hydrogens is 167 g/mol. The van der Waals surface area contributed by atoms with Crippen LogP contribution in [0.1, 0.15) is 59.8 Å². The summed E-state index contributed by atoms with van der Waals surface area (Å²) in [6, 6.07) is 0. The molecule has 2 unspecified atom stereocenters. The van der Waals surface area contributed by atoms with Gasteiger partial charge in [0.2, 0.25) is 0 Å². The molecule has 14 heavy (non-hydrogen) atoms. The van der Waals surface area contributed by atoms with E-state index in [1.54, 1.807) is 0 Å². The lowest BCUT2D eigenvalue weighted by Crippen LogP contribution is -2.24. The summed E-state index contributed by atoms with van der Waals surface area (Å²) < 4.78 is 0. The van der Waals surface area contributed by atoms with Gasteiger partial charge in [0, 0.05) is 0 Å². The zero-order valence-corrected chi connectivity index (χ0v) is 10.8. The van der Waals surface area contributed by atoms with Crippen molar-refractivity contribution < 1.29 is 0 Å². The Morgan fingerprint density at radius 3 is 2.29 bits per heavy atom. The summed E-state index contributed by atoms with van der Waals surface area (Å²) in [6.45, 7) is 9.57. The Hall–Kier alpha value is 0.0649. The molecule has 0 nitrogen and oxygen atoms in total. The van der Waals surface area contributed by atoms with Crippen molar-refractivity contribution in [3.63, 3.8) is 0 Å². The fourth-order valence-corrected chi connectivity index (χ4v) is 3.05. The minimum absolute atomic E-state index is 0.698. The van der Waals surface area contributed by atoms with Crippen LogP contribution in [0, 0.1) is 17.3 Å². The molecule has 1 saturated carbocycles. The van der Waals surface area contributed by atoms with Crippen molar-refractivity contribution in [2.45, 2.75) is 65.6 Å². The number of rotatable bonds is 4. The van der Waals surface area contributed by atoms with E-state index < -0.39 is 0 Å². The third-order valence-corrected chi connectivity index (χ3v) is 4.33. The van der Waals surface area contributed by atoms with Crippen molar-refractivity contribution in [1.82, 2.24) is 0 Å². The highest BCUT2D eigenvalue weighted by atomic mass is 14.4. The van der Waals surface area contributed by atoms with Crippen molar-refractivity contribution in [3.8, 4) is 0 Å². The van der Waals surface area contributed by atoms with Gasteiger partial charge in [0.05, 0.1) is 0 Å². The average Bonchev–Trinajstić information content (AvgIpc) is 2.45. The van der Waals surface area contributed by atoms with E-state index in [0.717, 1.165) is 17.7 Å². The summed E-state index contributed by atoms with van der Waals surface area (Å²) in [5, 5.41) is 0. The molecular formula is C13H27B. The van der Waals surface area contributed by atoms with E-state index in [1.807, 2.05) is 0 Å². The normalized spacial score (nSPS) is 33.1. The third-order valence-electron chi connectivity index (χ3n) is 4.33. The molecule has 1 fully saturated rings. The molecule has 0 amide bonds. The van der Waals surface area contributed by atoms with Crippen molar-refractivity contribution >= 4 is 7.85 Å². The van der Waals surface area contributed by atoms with Crippen LogP contribution in [0.25, 0.3) is 0 Å². The lowest BCUT2D eigenvalue weighted by molar-refractivity contribution is 0.166. The molecule has 0 heterocycles. The number of hydrogen-bond acceptors (Lipinski definition) is 0. The summed E-state index contributed by atoms with van der Waals surface area (Å²) >= 11 is 0. The Morgan fingerprint density at radius 1 is 1.29 bits per heavy atom. The minimum Gasteiger partial charge on any atom is -0.0692 e. The molecule has 2 atom stereocenters. The van der Waals surface area contributed by atoms with E-state index in [-0.39, 0.29) is 0 Å². The maximum absolute atomic E-state index is 2.43. The van der Waals surface area contributed by atoms with Crippen LogP contribution < -0.4 is 0 Å². The summed E-state index contributed by atoms with van der Waals surface area (Å²) in [4.78, 5) is 0. The first-order valence-corrected chi connectivity index (χ1v) is 6.46. The van der Waals surface area contributed by atoms with Crippen LogP contribution in [0.2, 0.25) is 5.82 Å². The molecule has 0 aromatic rings. The second-order valence-corrected chi connectivity index (χ2v) is 6.30. The molecule has 82 valence electrons. The minimum atomic E-state index is 0.698. The highest BCUT2D eigenvalue weighted by Gasteiger charge is 2.39. The zero-order chi connectivity index (χ0) is 10.8. The topological polar surface area (TPSA) is 0 Å². The van der Waals surface area contributed by atoms with Gasteiger partial charge in [-0.05, 0) is 30.1 Å². The first-order valence-electron chi connectivity index (χ1n) is 6.46. The van der Waals surface area contributed by atoms with Crippen LogP contribution in [0.15, 0.2) is 0 Å². The van der Waals surface area contributed by atoms with Crippen LogP contribution in [0.3, 0.4) is 0 Å². The van der Waals surface area contributed by atoms with Gasteiger partial charge in [-0.1, -0.05) is 52.8 Å².